The van der Waals surface area contributed by atoms with Crippen LogP contribution in [0.2, 0.25) is 0 Å². The summed E-state index contributed by atoms with van der Waals surface area (Å²) in [5.41, 5.74) is 2.29. The molecule has 172 valence electrons. The van der Waals surface area contributed by atoms with Crippen molar-refractivity contribution in [2.45, 2.75) is 13.0 Å². The van der Waals surface area contributed by atoms with Crippen molar-refractivity contribution >= 4 is 17.5 Å². The first-order chi connectivity index (χ1) is 16.0. The number of benzene rings is 2. The van der Waals surface area contributed by atoms with E-state index in [-0.39, 0.29) is 5.91 Å². The van der Waals surface area contributed by atoms with E-state index in [1.165, 1.54) is 13.4 Å². The maximum atomic E-state index is 13.6. The van der Waals surface area contributed by atoms with Gasteiger partial charge in [0.05, 0.1) is 39.7 Å². The van der Waals surface area contributed by atoms with Crippen LogP contribution in [0.15, 0.2) is 54.0 Å². The molecule has 3 aromatic rings. The van der Waals surface area contributed by atoms with Gasteiger partial charge in [0.15, 0.2) is 11.5 Å². The van der Waals surface area contributed by atoms with E-state index in [2.05, 4.69) is 20.7 Å². The second-order valence-electron chi connectivity index (χ2n) is 7.20. The third-order valence-electron chi connectivity index (χ3n) is 5.42. The van der Waals surface area contributed by atoms with Crippen LogP contribution in [0.1, 0.15) is 18.5 Å². The molecule has 1 aliphatic heterocycles. The van der Waals surface area contributed by atoms with E-state index in [1.807, 2.05) is 19.1 Å². The highest BCUT2D eigenvalue weighted by Gasteiger charge is 2.36. The Hall–Kier alpha value is -4.21. The summed E-state index contributed by atoms with van der Waals surface area (Å²) in [4.78, 5) is 17.9. The van der Waals surface area contributed by atoms with Gasteiger partial charge in [-0.05, 0) is 25.1 Å². The van der Waals surface area contributed by atoms with Gasteiger partial charge in [-0.1, -0.05) is 12.1 Å². The first-order valence-corrected chi connectivity index (χ1v) is 10.1. The van der Waals surface area contributed by atoms with E-state index in [0.29, 0.717) is 51.5 Å². The highest BCUT2D eigenvalue weighted by atomic mass is 16.5. The number of aromatic nitrogens is 3. The number of nitrogens with zero attached hydrogens (tertiary/aromatic N) is 3. The minimum Gasteiger partial charge on any atom is -0.497 e. The van der Waals surface area contributed by atoms with Crippen molar-refractivity contribution in [2.75, 3.05) is 39.1 Å². The summed E-state index contributed by atoms with van der Waals surface area (Å²) in [5.74, 6) is 2.32. The Balaban J connectivity index is 1.81. The molecule has 2 heterocycles. The van der Waals surface area contributed by atoms with Gasteiger partial charge in [0, 0.05) is 17.3 Å². The Labute approximate surface area is 191 Å². The Morgan fingerprint density at radius 1 is 1.03 bits per heavy atom. The number of hydrogen-bond acceptors (Lipinski definition) is 8. The van der Waals surface area contributed by atoms with Gasteiger partial charge in [-0.15, -0.1) is 0 Å². The minimum absolute atomic E-state index is 0.334. The number of carbonyl (C=O) groups excluding carboxylic acids is 1. The van der Waals surface area contributed by atoms with Crippen molar-refractivity contribution in [2.24, 2.45) is 0 Å². The lowest BCUT2D eigenvalue weighted by Crippen LogP contribution is -2.31. The van der Waals surface area contributed by atoms with Gasteiger partial charge >= 0.3 is 0 Å². The van der Waals surface area contributed by atoms with Crippen LogP contribution in [0.5, 0.6) is 23.0 Å². The first kappa shape index (κ1) is 22.0. The average molecular weight is 451 g/mol. The van der Waals surface area contributed by atoms with E-state index >= 15 is 0 Å². The summed E-state index contributed by atoms with van der Waals surface area (Å²) in [5, 5.41) is 10.5. The van der Waals surface area contributed by atoms with E-state index in [1.54, 1.807) is 50.3 Å². The molecule has 1 aromatic heterocycles. The van der Waals surface area contributed by atoms with Crippen LogP contribution in [-0.2, 0) is 4.79 Å². The van der Waals surface area contributed by atoms with Gasteiger partial charge in [-0.2, -0.15) is 10.1 Å². The Morgan fingerprint density at radius 3 is 2.52 bits per heavy atom. The largest absolute Gasteiger partial charge is 0.497 e. The molecule has 10 nitrogen and oxygen atoms in total. The zero-order valence-electron chi connectivity index (χ0n) is 19.0. The normalized spacial score (nSPS) is 14.8. The number of allylic oxidation sites excluding steroid dienone is 1. The first-order valence-electron chi connectivity index (χ1n) is 10.1. The molecule has 2 N–H and O–H groups in total. The zero-order chi connectivity index (χ0) is 23.5. The van der Waals surface area contributed by atoms with E-state index in [4.69, 9.17) is 18.9 Å². The number of amides is 1. The van der Waals surface area contributed by atoms with Crippen molar-refractivity contribution < 1.29 is 23.7 Å². The minimum atomic E-state index is -0.613. The lowest BCUT2D eigenvalue weighted by atomic mass is 9.94. The molecule has 1 amide bonds. The molecule has 0 radical (unpaired) electrons. The molecule has 10 heteroatoms. The van der Waals surface area contributed by atoms with Crippen molar-refractivity contribution in [3.8, 4) is 23.0 Å². The molecule has 33 heavy (non-hydrogen) atoms. The number of methoxy groups -OCH3 is 4. The molecule has 0 fully saturated rings. The average Bonchev–Trinajstić information content (AvgIpc) is 3.30. The molecular weight excluding hydrogens is 426 g/mol. The Kier molecular flexibility index (Phi) is 6.07. The number of fused-ring (bicyclic) bond motifs is 1. The van der Waals surface area contributed by atoms with Gasteiger partial charge in [-0.25, -0.2) is 4.68 Å². The van der Waals surface area contributed by atoms with Crippen LogP contribution in [0, 0.1) is 0 Å². The van der Waals surface area contributed by atoms with E-state index in [0.717, 1.165) is 0 Å². The molecule has 0 saturated heterocycles. The van der Waals surface area contributed by atoms with Crippen LogP contribution in [-0.4, -0.2) is 49.1 Å². The summed E-state index contributed by atoms with van der Waals surface area (Å²) in [6, 6.07) is 10.1. The van der Waals surface area contributed by atoms with Gasteiger partial charge in [0.1, 0.15) is 23.9 Å². The summed E-state index contributed by atoms with van der Waals surface area (Å²) in [6.45, 7) is 1.82. The molecule has 2 aromatic carbocycles. The second kappa shape index (κ2) is 9.11. The van der Waals surface area contributed by atoms with Crippen LogP contribution in [0.25, 0.3) is 0 Å². The van der Waals surface area contributed by atoms with E-state index < -0.39 is 6.04 Å². The lowest BCUT2D eigenvalue weighted by molar-refractivity contribution is -0.113. The fourth-order valence-electron chi connectivity index (χ4n) is 3.89. The van der Waals surface area contributed by atoms with E-state index in [9.17, 15) is 4.79 Å². The second-order valence-corrected chi connectivity index (χ2v) is 7.20. The predicted molar refractivity (Wildman–Crippen MR) is 122 cm³/mol. The molecule has 0 bridgehead atoms. The molecule has 4 rings (SSSR count). The smallest absolute Gasteiger partial charge is 0.255 e. The van der Waals surface area contributed by atoms with Crippen LogP contribution in [0.3, 0.4) is 0 Å². The molecular formula is C23H25N5O5. The Morgan fingerprint density at radius 2 is 1.82 bits per heavy atom. The van der Waals surface area contributed by atoms with Crippen LogP contribution >= 0.6 is 0 Å². The summed E-state index contributed by atoms with van der Waals surface area (Å²) < 4.78 is 23.5. The maximum Gasteiger partial charge on any atom is 0.255 e. The molecule has 0 saturated carbocycles. The molecule has 1 aliphatic rings. The van der Waals surface area contributed by atoms with Gasteiger partial charge in [0.25, 0.3) is 5.91 Å². The standard InChI is InChI=1S/C23H25N5O5/c1-13-19(22(29)27-16-10-9-14(30-2)11-18(16)32-4)20(28-23(26-13)24-12-25-28)15-7-6-8-17(31-3)21(15)33-5/h6-12,20H,1-5H3,(H,27,29)(H,24,25,26)/t20-/m0/s1. The van der Waals surface area contributed by atoms with Crippen molar-refractivity contribution in [3.63, 3.8) is 0 Å². The SMILES string of the molecule is COc1ccc(NC(=O)C2=C(C)Nc3ncnn3[C@H]2c2cccc(OC)c2OC)c(OC)c1. The van der Waals surface area contributed by atoms with Gasteiger partial charge < -0.3 is 29.6 Å². The summed E-state index contributed by atoms with van der Waals surface area (Å²) in [6.07, 6.45) is 1.43. The fourth-order valence-corrected chi connectivity index (χ4v) is 3.89. The molecule has 0 unspecified atom stereocenters. The summed E-state index contributed by atoms with van der Waals surface area (Å²) in [7, 11) is 6.22. The number of rotatable bonds is 7. The Bertz CT molecular complexity index is 1220. The number of ether oxygens (including phenoxy) is 4. The van der Waals surface area contributed by atoms with Crippen LogP contribution in [0.4, 0.5) is 11.6 Å². The van der Waals surface area contributed by atoms with Crippen molar-refractivity contribution in [1.29, 1.82) is 0 Å². The molecule has 0 spiro atoms. The van der Waals surface area contributed by atoms with Crippen LogP contribution < -0.4 is 29.6 Å². The fraction of sp³-hybridized carbons (Fsp3) is 0.261. The quantitative estimate of drug-likeness (QED) is 0.564. The number of para-hydroxylation sites is 1. The lowest BCUT2D eigenvalue weighted by Gasteiger charge is -2.30. The topological polar surface area (TPSA) is 109 Å². The molecule has 1 atom stereocenters. The number of carbonyl (C=O) groups is 1. The highest BCUT2D eigenvalue weighted by molar-refractivity contribution is 6.06. The van der Waals surface area contributed by atoms with Gasteiger partial charge in [-0.3, -0.25) is 4.79 Å². The molecule has 0 aliphatic carbocycles. The number of hydrogen-bond donors (Lipinski definition) is 2. The highest BCUT2D eigenvalue weighted by Crippen LogP contribution is 2.43. The summed E-state index contributed by atoms with van der Waals surface area (Å²) >= 11 is 0. The third kappa shape index (κ3) is 3.91. The maximum absolute atomic E-state index is 13.6. The number of anilines is 2. The third-order valence-corrected chi connectivity index (χ3v) is 5.42. The number of nitrogens with one attached hydrogen (secondary N) is 2. The van der Waals surface area contributed by atoms with Gasteiger partial charge in [0.2, 0.25) is 5.95 Å². The zero-order valence-corrected chi connectivity index (χ0v) is 19.0. The van der Waals surface area contributed by atoms with Crippen molar-refractivity contribution in [3.05, 3.63) is 59.6 Å². The predicted octanol–water partition coefficient (Wildman–Crippen LogP) is 3.24. The van der Waals surface area contributed by atoms with Crippen molar-refractivity contribution in [1.82, 2.24) is 14.8 Å². The monoisotopic (exact) mass is 451 g/mol.